The van der Waals surface area contributed by atoms with Crippen LogP contribution in [0.5, 0.6) is 0 Å². The molecule has 0 unspecified atom stereocenters. The average molecular weight is 264 g/mol. The van der Waals surface area contributed by atoms with Crippen molar-refractivity contribution in [3.05, 3.63) is 29.8 Å². The highest BCUT2D eigenvalue weighted by Gasteiger charge is 2.40. The molecule has 0 aliphatic carbocycles. The lowest BCUT2D eigenvalue weighted by molar-refractivity contribution is -0.126. The van der Waals surface area contributed by atoms with E-state index in [4.69, 9.17) is 10.8 Å². The van der Waals surface area contributed by atoms with E-state index in [0.717, 1.165) is 11.3 Å². The summed E-state index contributed by atoms with van der Waals surface area (Å²) in [5.74, 6) is -0.102. The summed E-state index contributed by atoms with van der Waals surface area (Å²) in [6.07, 6.45) is 0.621. The van der Waals surface area contributed by atoms with Gasteiger partial charge in [-0.05, 0) is 51.8 Å². The summed E-state index contributed by atoms with van der Waals surface area (Å²) in [7, 11) is 0. The molecule has 0 atom stereocenters. The number of rotatable bonds is 5. The first kappa shape index (κ1) is 15.7. The highest BCUT2D eigenvalue weighted by molar-refractivity contribution is 5.95. The Balaban J connectivity index is 2.77. The van der Waals surface area contributed by atoms with Crippen molar-refractivity contribution in [2.75, 3.05) is 11.9 Å². The predicted molar refractivity (Wildman–Crippen MR) is 77.9 cm³/mol. The van der Waals surface area contributed by atoms with Crippen molar-refractivity contribution in [2.45, 2.75) is 39.7 Å². The number of aliphatic hydroxyl groups is 1. The molecule has 1 amide bonds. The second-order valence-electron chi connectivity index (χ2n) is 5.97. The van der Waals surface area contributed by atoms with Gasteiger partial charge in [0.2, 0.25) is 5.91 Å². The lowest BCUT2D eigenvalue weighted by atomic mass is 9.74. The summed E-state index contributed by atoms with van der Waals surface area (Å²) in [5.41, 5.74) is 6.55. The minimum Gasteiger partial charge on any atom is -0.396 e. The summed E-state index contributed by atoms with van der Waals surface area (Å²) in [4.78, 5) is 12.3. The number of carbonyl (C=O) groups is 1. The van der Waals surface area contributed by atoms with Crippen LogP contribution in [0.1, 0.15) is 33.3 Å². The van der Waals surface area contributed by atoms with Crippen LogP contribution >= 0.6 is 0 Å². The number of nitrogens with one attached hydrogen (secondary N) is 1. The molecule has 4 heteroatoms. The van der Waals surface area contributed by atoms with Crippen molar-refractivity contribution in [1.82, 2.24) is 0 Å². The fraction of sp³-hybridized carbons (Fsp3) is 0.533. The van der Waals surface area contributed by atoms with E-state index in [9.17, 15) is 4.79 Å². The van der Waals surface area contributed by atoms with Crippen LogP contribution in [-0.2, 0) is 11.2 Å². The molecule has 0 radical (unpaired) electrons. The summed E-state index contributed by atoms with van der Waals surface area (Å²) in [5, 5.41) is 11.7. The van der Waals surface area contributed by atoms with Crippen LogP contribution in [0.25, 0.3) is 0 Å². The monoisotopic (exact) mass is 264 g/mol. The Bertz CT molecular complexity index is 430. The lowest BCUT2D eigenvalue weighted by Crippen LogP contribution is -2.53. The van der Waals surface area contributed by atoms with Crippen LogP contribution in [-0.4, -0.2) is 23.2 Å². The molecule has 0 bridgehead atoms. The van der Waals surface area contributed by atoms with Gasteiger partial charge in [-0.3, -0.25) is 4.79 Å². The molecule has 0 spiro atoms. The maximum Gasteiger partial charge on any atom is 0.231 e. The fourth-order valence-electron chi connectivity index (χ4n) is 1.46. The number of anilines is 1. The Hall–Kier alpha value is -1.39. The van der Waals surface area contributed by atoms with Crippen molar-refractivity contribution in [3.8, 4) is 0 Å². The van der Waals surface area contributed by atoms with E-state index in [0.29, 0.717) is 6.42 Å². The molecule has 0 fully saturated rings. The van der Waals surface area contributed by atoms with E-state index in [2.05, 4.69) is 5.32 Å². The van der Waals surface area contributed by atoms with Crippen LogP contribution in [0, 0.1) is 5.41 Å². The van der Waals surface area contributed by atoms with Crippen LogP contribution in [0.2, 0.25) is 0 Å². The minimum atomic E-state index is -0.670. The van der Waals surface area contributed by atoms with E-state index in [1.165, 1.54) is 0 Å². The number of nitrogens with two attached hydrogens (primary N) is 1. The van der Waals surface area contributed by atoms with Gasteiger partial charge in [0.25, 0.3) is 0 Å². The molecule has 0 saturated heterocycles. The first-order valence-electron chi connectivity index (χ1n) is 6.48. The molecule has 0 aliphatic heterocycles. The third-order valence-electron chi connectivity index (χ3n) is 3.79. The predicted octanol–water partition coefficient (Wildman–Crippen LogP) is 1.92. The summed E-state index contributed by atoms with van der Waals surface area (Å²) < 4.78 is 0. The van der Waals surface area contributed by atoms with Crippen LogP contribution in [0.3, 0.4) is 0 Å². The summed E-state index contributed by atoms with van der Waals surface area (Å²) in [6, 6.07) is 7.46. The van der Waals surface area contributed by atoms with Gasteiger partial charge < -0.3 is 16.2 Å². The van der Waals surface area contributed by atoms with Gasteiger partial charge in [0.1, 0.15) is 0 Å². The van der Waals surface area contributed by atoms with Gasteiger partial charge in [-0.2, -0.15) is 0 Å². The SMILES string of the molecule is CC(C)(N)C(C)(C)C(=O)Nc1ccc(CCO)cc1. The second-order valence-corrected chi connectivity index (χ2v) is 5.97. The molecule has 1 rings (SSSR count). The zero-order valence-corrected chi connectivity index (χ0v) is 12.2. The molecular weight excluding hydrogens is 240 g/mol. The Morgan fingerprint density at radius 1 is 1.21 bits per heavy atom. The van der Waals surface area contributed by atoms with E-state index in [1.807, 2.05) is 52.0 Å². The van der Waals surface area contributed by atoms with Crippen molar-refractivity contribution in [2.24, 2.45) is 11.1 Å². The number of amides is 1. The van der Waals surface area contributed by atoms with Crippen molar-refractivity contribution in [1.29, 1.82) is 0 Å². The first-order valence-corrected chi connectivity index (χ1v) is 6.48. The molecule has 0 heterocycles. The summed E-state index contributed by atoms with van der Waals surface area (Å²) in [6.45, 7) is 7.48. The van der Waals surface area contributed by atoms with Crippen molar-refractivity contribution in [3.63, 3.8) is 0 Å². The van der Waals surface area contributed by atoms with E-state index >= 15 is 0 Å². The standard InChI is InChI=1S/C15H24N2O2/c1-14(2,15(3,4)16)13(19)17-12-7-5-11(6-8-12)9-10-18/h5-8,18H,9-10,16H2,1-4H3,(H,17,19). The van der Waals surface area contributed by atoms with Gasteiger partial charge in [-0.25, -0.2) is 0 Å². The van der Waals surface area contributed by atoms with Gasteiger partial charge in [-0.15, -0.1) is 0 Å². The quantitative estimate of drug-likeness (QED) is 0.760. The van der Waals surface area contributed by atoms with E-state index in [-0.39, 0.29) is 12.5 Å². The minimum absolute atomic E-state index is 0.102. The second kappa shape index (κ2) is 5.72. The molecular formula is C15H24N2O2. The Morgan fingerprint density at radius 3 is 2.16 bits per heavy atom. The first-order chi connectivity index (χ1) is 8.68. The summed E-state index contributed by atoms with van der Waals surface area (Å²) >= 11 is 0. The van der Waals surface area contributed by atoms with Crippen LogP contribution in [0.4, 0.5) is 5.69 Å². The number of benzene rings is 1. The van der Waals surface area contributed by atoms with Crippen molar-refractivity contribution >= 4 is 11.6 Å². The normalized spacial score (nSPS) is 12.3. The number of hydrogen-bond donors (Lipinski definition) is 3. The number of hydrogen-bond acceptors (Lipinski definition) is 3. The fourth-order valence-corrected chi connectivity index (χ4v) is 1.46. The Kier molecular flexibility index (Phi) is 4.71. The van der Waals surface area contributed by atoms with Gasteiger partial charge in [0.05, 0.1) is 5.41 Å². The zero-order chi connectivity index (χ0) is 14.7. The van der Waals surface area contributed by atoms with Gasteiger partial charge in [-0.1, -0.05) is 12.1 Å². The number of aliphatic hydroxyl groups excluding tert-OH is 1. The van der Waals surface area contributed by atoms with Crippen LogP contribution in [0.15, 0.2) is 24.3 Å². The third kappa shape index (κ3) is 3.78. The largest absolute Gasteiger partial charge is 0.396 e. The highest BCUT2D eigenvalue weighted by atomic mass is 16.2. The van der Waals surface area contributed by atoms with Gasteiger partial charge in [0.15, 0.2) is 0 Å². The van der Waals surface area contributed by atoms with Crippen LogP contribution < -0.4 is 11.1 Å². The van der Waals surface area contributed by atoms with Gasteiger partial charge in [0, 0.05) is 17.8 Å². The molecule has 1 aromatic rings. The van der Waals surface area contributed by atoms with Crippen molar-refractivity contribution < 1.29 is 9.90 Å². The van der Waals surface area contributed by atoms with E-state index < -0.39 is 11.0 Å². The maximum atomic E-state index is 12.3. The smallest absolute Gasteiger partial charge is 0.231 e. The van der Waals surface area contributed by atoms with E-state index in [1.54, 1.807) is 0 Å². The average Bonchev–Trinajstić information content (AvgIpc) is 2.30. The molecule has 4 N–H and O–H groups in total. The Labute approximate surface area is 115 Å². The molecule has 0 saturated carbocycles. The molecule has 1 aromatic carbocycles. The molecule has 0 aromatic heterocycles. The molecule has 4 nitrogen and oxygen atoms in total. The maximum absolute atomic E-state index is 12.3. The molecule has 19 heavy (non-hydrogen) atoms. The number of carbonyl (C=O) groups excluding carboxylic acids is 1. The zero-order valence-electron chi connectivity index (χ0n) is 12.2. The third-order valence-corrected chi connectivity index (χ3v) is 3.79. The lowest BCUT2D eigenvalue weighted by Gasteiger charge is -2.36. The topological polar surface area (TPSA) is 75.4 Å². The molecule has 106 valence electrons. The van der Waals surface area contributed by atoms with Gasteiger partial charge >= 0.3 is 0 Å². The Morgan fingerprint density at radius 2 is 1.74 bits per heavy atom. The highest BCUT2D eigenvalue weighted by Crippen LogP contribution is 2.29. The molecule has 0 aliphatic rings.